The number of rotatable bonds is 2. The van der Waals surface area contributed by atoms with Crippen molar-refractivity contribution in [3.05, 3.63) is 69.5 Å². The predicted octanol–water partition coefficient (Wildman–Crippen LogP) is 4.00. The summed E-state index contributed by atoms with van der Waals surface area (Å²) >= 11 is 6.29. The number of hydrogen-bond acceptors (Lipinski definition) is 4. The maximum atomic E-state index is 12.6. The molecule has 1 fully saturated rings. The molecule has 7 heteroatoms. The number of halogens is 1. The van der Waals surface area contributed by atoms with E-state index < -0.39 is 12.0 Å². The van der Waals surface area contributed by atoms with E-state index in [-0.39, 0.29) is 6.03 Å². The van der Waals surface area contributed by atoms with E-state index in [1.54, 1.807) is 11.8 Å². The predicted molar refractivity (Wildman–Crippen MR) is 120 cm³/mol. The number of nitrogens with one attached hydrogen (secondary N) is 1. The lowest BCUT2D eigenvalue weighted by atomic mass is 9.88. The average molecular weight is 440 g/mol. The Hall–Kier alpha value is -2.86. The molecule has 1 aromatic heterocycles. The number of pyridine rings is 1. The van der Waals surface area contributed by atoms with Gasteiger partial charge in [-0.3, -0.25) is 4.98 Å². The Kier molecular flexibility index (Phi) is 6.28. The summed E-state index contributed by atoms with van der Waals surface area (Å²) in [5.41, 5.74) is 7.19. The van der Waals surface area contributed by atoms with Gasteiger partial charge >= 0.3 is 12.0 Å². The number of urea groups is 1. The van der Waals surface area contributed by atoms with Crippen LogP contribution >= 0.6 is 11.6 Å². The van der Waals surface area contributed by atoms with Crippen LogP contribution in [0.15, 0.2) is 42.1 Å². The Morgan fingerprint density at radius 2 is 1.87 bits per heavy atom. The van der Waals surface area contributed by atoms with Crippen LogP contribution in [0, 0.1) is 0 Å². The van der Waals surface area contributed by atoms with Crippen molar-refractivity contribution in [3.63, 3.8) is 0 Å². The number of nitrogens with zero attached hydrogens (tertiary/aromatic N) is 2. The summed E-state index contributed by atoms with van der Waals surface area (Å²) in [6.45, 7) is 2.80. The van der Waals surface area contributed by atoms with Gasteiger partial charge in [0.1, 0.15) is 6.04 Å². The van der Waals surface area contributed by atoms with E-state index in [0.717, 1.165) is 36.4 Å². The van der Waals surface area contributed by atoms with E-state index >= 15 is 0 Å². The molecule has 2 heterocycles. The summed E-state index contributed by atoms with van der Waals surface area (Å²) in [6.07, 6.45) is 5.20. The molecule has 0 bridgehead atoms. The van der Waals surface area contributed by atoms with Crippen LogP contribution in [0.25, 0.3) is 5.57 Å². The van der Waals surface area contributed by atoms with Crippen LogP contribution in [0.3, 0.4) is 0 Å². The van der Waals surface area contributed by atoms with Gasteiger partial charge in [0, 0.05) is 29.9 Å². The van der Waals surface area contributed by atoms with Crippen LogP contribution < -0.4 is 5.32 Å². The zero-order valence-corrected chi connectivity index (χ0v) is 18.5. The van der Waals surface area contributed by atoms with Crippen LogP contribution in [-0.4, -0.2) is 48.1 Å². The molecule has 1 atom stereocenters. The van der Waals surface area contributed by atoms with Gasteiger partial charge in [-0.15, -0.1) is 0 Å². The van der Waals surface area contributed by atoms with E-state index in [9.17, 15) is 9.59 Å². The minimum absolute atomic E-state index is 0.242. The van der Waals surface area contributed by atoms with Crippen molar-refractivity contribution in [2.24, 2.45) is 0 Å². The molecule has 2 aromatic rings. The molecule has 1 aliphatic carbocycles. The molecule has 1 aromatic carbocycles. The molecule has 4 rings (SSSR count). The monoisotopic (exact) mass is 439 g/mol. The van der Waals surface area contributed by atoms with Gasteiger partial charge in [0.25, 0.3) is 0 Å². The number of hydrogen-bond donors (Lipinski definition) is 1. The number of likely N-dealkylation sites (tertiary alicyclic amines) is 1. The molecule has 2 aliphatic rings. The summed E-state index contributed by atoms with van der Waals surface area (Å²) in [4.78, 5) is 30.7. The van der Waals surface area contributed by atoms with E-state index in [1.165, 1.54) is 34.9 Å². The van der Waals surface area contributed by atoms with E-state index in [4.69, 9.17) is 16.6 Å². The fourth-order valence-electron chi connectivity index (χ4n) is 4.38. The summed E-state index contributed by atoms with van der Waals surface area (Å²) in [5, 5.41) is 3.46. The number of amides is 2. The second kappa shape index (κ2) is 9.10. The molecular weight excluding hydrogens is 414 g/mol. The average Bonchev–Trinajstić information content (AvgIpc) is 2.95. The van der Waals surface area contributed by atoms with Crippen molar-refractivity contribution in [2.45, 2.75) is 38.6 Å². The first-order valence-electron chi connectivity index (χ1n) is 10.6. The Bertz CT molecular complexity index is 1040. The summed E-state index contributed by atoms with van der Waals surface area (Å²) in [6, 6.07) is 9.31. The number of fused-ring (bicyclic) bond motifs is 2. The highest BCUT2D eigenvalue weighted by molar-refractivity contribution is 6.30. The quantitative estimate of drug-likeness (QED) is 0.718. The van der Waals surface area contributed by atoms with Gasteiger partial charge in [-0.2, -0.15) is 0 Å². The molecule has 6 nitrogen and oxygen atoms in total. The first-order chi connectivity index (χ1) is 15.0. The number of carbonyl (C=O) groups excluding carboxylic acids is 2. The van der Waals surface area contributed by atoms with Gasteiger partial charge in [0.2, 0.25) is 0 Å². The highest BCUT2D eigenvalue weighted by Gasteiger charge is 2.27. The summed E-state index contributed by atoms with van der Waals surface area (Å²) in [5.74, 6) is -0.454. The van der Waals surface area contributed by atoms with E-state index in [1.807, 2.05) is 18.3 Å². The third kappa shape index (κ3) is 4.44. The number of aryl methyl sites for hydroxylation is 2. The molecule has 1 N–H and O–H groups in total. The van der Waals surface area contributed by atoms with Gasteiger partial charge in [-0.25, -0.2) is 9.59 Å². The Morgan fingerprint density at radius 3 is 2.61 bits per heavy atom. The van der Waals surface area contributed by atoms with Crippen molar-refractivity contribution in [3.8, 4) is 0 Å². The fraction of sp³-hybridized carbons (Fsp3) is 0.375. The Labute approximate surface area is 187 Å². The first-order valence-corrected chi connectivity index (χ1v) is 10.9. The van der Waals surface area contributed by atoms with Gasteiger partial charge in [-0.1, -0.05) is 29.3 Å². The van der Waals surface area contributed by atoms with Gasteiger partial charge in [-0.05, 0) is 67.5 Å². The van der Waals surface area contributed by atoms with Gasteiger partial charge in [0.05, 0.1) is 12.8 Å². The van der Waals surface area contributed by atoms with Crippen LogP contribution in [0.1, 0.15) is 42.1 Å². The van der Waals surface area contributed by atoms with Crippen LogP contribution in [0.5, 0.6) is 0 Å². The van der Waals surface area contributed by atoms with Gasteiger partial charge < -0.3 is 15.0 Å². The van der Waals surface area contributed by atoms with Crippen LogP contribution in [-0.2, 0) is 22.4 Å². The van der Waals surface area contributed by atoms with Crippen molar-refractivity contribution in [1.82, 2.24) is 15.2 Å². The lowest BCUT2D eigenvalue weighted by Gasteiger charge is -2.31. The second-order valence-corrected chi connectivity index (χ2v) is 8.41. The van der Waals surface area contributed by atoms with Crippen LogP contribution in [0.4, 0.5) is 4.79 Å². The largest absolute Gasteiger partial charge is 0.467 e. The fourth-order valence-corrected chi connectivity index (χ4v) is 4.57. The third-order valence-corrected chi connectivity index (χ3v) is 6.27. The summed E-state index contributed by atoms with van der Waals surface area (Å²) in [7, 11) is 1.31. The van der Waals surface area contributed by atoms with Gasteiger partial charge in [0.15, 0.2) is 0 Å². The minimum atomic E-state index is -0.674. The maximum absolute atomic E-state index is 12.6. The number of benzene rings is 1. The first kappa shape index (κ1) is 21.4. The minimum Gasteiger partial charge on any atom is -0.467 e. The molecule has 0 unspecified atom stereocenters. The number of aromatic nitrogens is 1. The lowest BCUT2D eigenvalue weighted by Crippen LogP contribution is -2.48. The molecule has 2 amide bonds. The zero-order chi connectivity index (χ0) is 22.0. The number of esters is 1. The SMILES string of the molecule is COC(=O)[C@H](C)NC(=O)N1CCC(=C2c3ccc(Cl)cc3CCc3cccnc32)CC1. The molecule has 1 aliphatic heterocycles. The molecule has 1 saturated heterocycles. The number of ether oxygens (including phenoxy) is 1. The normalized spacial score (nSPS) is 16.7. The maximum Gasteiger partial charge on any atom is 0.328 e. The van der Waals surface area contributed by atoms with E-state index in [2.05, 4.69) is 28.3 Å². The molecule has 0 radical (unpaired) electrons. The van der Waals surface area contributed by atoms with Crippen LogP contribution in [0.2, 0.25) is 5.02 Å². The lowest BCUT2D eigenvalue weighted by molar-refractivity contribution is -0.142. The smallest absolute Gasteiger partial charge is 0.328 e. The highest BCUT2D eigenvalue weighted by atomic mass is 35.5. The molecule has 162 valence electrons. The van der Waals surface area contributed by atoms with E-state index in [0.29, 0.717) is 13.1 Å². The molecule has 0 saturated carbocycles. The zero-order valence-electron chi connectivity index (χ0n) is 17.8. The molecular formula is C24H26ClN3O3. The Balaban J connectivity index is 1.62. The summed E-state index contributed by atoms with van der Waals surface area (Å²) < 4.78 is 4.69. The second-order valence-electron chi connectivity index (χ2n) is 7.97. The standard InChI is InChI=1S/C24H26ClN3O3/c1-15(23(29)31-2)27-24(30)28-12-9-16(10-13-28)21-20-8-7-19(25)14-18(20)6-5-17-4-3-11-26-22(17)21/h3-4,7-8,11,14-15H,5-6,9-10,12-13H2,1-2H3,(H,27,30)/t15-/m0/s1. The number of piperidine rings is 1. The Morgan fingerprint density at radius 1 is 1.13 bits per heavy atom. The number of methoxy groups -OCH3 is 1. The van der Waals surface area contributed by atoms with Crippen molar-refractivity contribution >= 4 is 29.2 Å². The topological polar surface area (TPSA) is 71.5 Å². The van der Waals surface area contributed by atoms with Crippen molar-refractivity contribution < 1.29 is 14.3 Å². The van der Waals surface area contributed by atoms with Crippen molar-refractivity contribution in [1.29, 1.82) is 0 Å². The number of carbonyl (C=O) groups is 2. The highest BCUT2D eigenvalue weighted by Crippen LogP contribution is 2.38. The third-order valence-electron chi connectivity index (χ3n) is 6.03. The molecule has 31 heavy (non-hydrogen) atoms. The van der Waals surface area contributed by atoms with Crippen molar-refractivity contribution in [2.75, 3.05) is 20.2 Å². The molecule has 0 spiro atoms.